The van der Waals surface area contributed by atoms with Crippen molar-refractivity contribution in [3.63, 3.8) is 0 Å². The average molecular weight is 556 g/mol. The summed E-state index contributed by atoms with van der Waals surface area (Å²) in [6, 6.07) is 22.4. The first-order valence-corrected chi connectivity index (χ1v) is 11.4. The maximum atomic E-state index is 12.6. The lowest BCUT2D eigenvalue weighted by Gasteiger charge is -2.12. The van der Waals surface area contributed by atoms with E-state index >= 15 is 0 Å². The molecule has 0 atom stereocenters. The van der Waals surface area contributed by atoms with E-state index in [0.717, 1.165) is 5.56 Å². The normalized spacial score (nSPS) is 10.9. The van der Waals surface area contributed by atoms with Crippen molar-refractivity contribution in [1.29, 1.82) is 5.26 Å². The molecule has 162 valence electrons. The Balaban J connectivity index is 1.75. The van der Waals surface area contributed by atoms with Gasteiger partial charge >= 0.3 is 0 Å². The van der Waals surface area contributed by atoms with Gasteiger partial charge in [0.05, 0.1) is 15.6 Å². The summed E-state index contributed by atoms with van der Waals surface area (Å²) in [7, 11) is 0. The summed E-state index contributed by atoms with van der Waals surface area (Å²) in [6.07, 6.45) is 1.53. The predicted octanol–water partition coefficient (Wildman–Crippen LogP) is 6.73. The molecule has 0 saturated carbocycles. The van der Waals surface area contributed by atoms with Gasteiger partial charge in [-0.25, -0.2) is 0 Å². The Bertz CT molecular complexity index is 1150. The van der Waals surface area contributed by atoms with Crippen LogP contribution < -0.4 is 14.8 Å². The Labute approximate surface area is 203 Å². The fourth-order valence-electron chi connectivity index (χ4n) is 2.87. The highest BCUT2D eigenvalue weighted by Crippen LogP contribution is 2.36. The van der Waals surface area contributed by atoms with E-state index in [-0.39, 0.29) is 5.57 Å². The zero-order chi connectivity index (χ0) is 22.9. The summed E-state index contributed by atoms with van der Waals surface area (Å²) in [5.41, 5.74) is 2.25. The highest BCUT2D eigenvalue weighted by Gasteiger charge is 2.13. The third-order valence-corrected chi connectivity index (χ3v) is 5.50. The molecule has 7 heteroatoms. The Hall–Kier alpha value is -3.08. The van der Waals surface area contributed by atoms with Crippen LogP contribution in [-0.4, -0.2) is 12.5 Å². The quantitative estimate of drug-likeness (QED) is 0.247. The van der Waals surface area contributed by atoms with Gasteiger partial charge in [0.1, 0.15) is 29.7 Å². The molecule has 0 aromatic heterocycles. The van der Waals surface area contributed by atoms with Crippen molar-refractivity contribution in [2.75, 3.05) is 11.9 Å². The van der Waals surface area contributed by atoms with E-state index in [1.807, 2.05) is 43.3 Å². The Kier molecular flexibility index (Phi) is 8.48. The molecule has 0 aliphatic rings. The molecule has 0 aliphatic carbocycles. The van der Waals surface area contributed by atoms with E-state index in [4.69, 9.17) is 9.47 Å². The number of nitrogens with zero attached hydrogens (tertiary/aromatic N) is 1. The van der Waals surface area contributed by atoms with Crippen LogP contribution in [0.4, 0.5) is 5.69 Å². The van der Waals surface area contributed by atoms with Gasteiger partial charge in [0.25, 0.3) is 5.91 Å². The van der Waals surface area contributed by atoms with E-state index in [1.165, 1.54) is 6.08 Å². The highest BCUT2D eigenvalue weighted by atomic mass is 79.9. The number of ether oxygens (including phenoxy) is 2. The molecule has 0 bridgehead atoms. The zero-order valence-electron chi connectivity index (χ0n) is 17.3. The van der Waals surface area contributed by atoms with Gasteiger partial charge in [0, 0.05) is 11.8 Å². The van der Waals surface area contributed by atoms with Crippen molar-refractivity contribution in [2.45, 2.75) is 13.5 Å². The van der Waals surface area contributed by atoms with Gasteiger partial charge in [-0.1, -0.05) is 36.4 Å². The van der Waals surface area contributed by atoms with Crippen molar-refractivity contribution in [1.82, 2.24) is 0 Å². The number of rotatable bonds is 8. The molecule has 0 radical (unpaired) electrons. The second-order valence-corrected chi connectivity index (χ2v) is 8.38. The molecule has 3 aromatic carbocycles. The second-order valence-electron chi connectivity index (χ2n) is 6.67. The van der Waals surface area contributed by atoms with E-state index in [2.05, 4.69) is 37.2 Å². The van der Waals surface area contributed by atoms with Crippen molar-refractivity contribution >= 4 is 49.5 Å². The standard InChI is InChI=1S/C25H20Br2N2O3/c1-2-31-21-10-6-9-20(14-21)29-25(30)19(15-28)11-18-12-22(26)24(23(27)13-18)32-16-17-7-4-3-5-8-17/h3-14H,2,16H2,1H3,(H,29,30). The number of nitrogens with one attached hydrogen (secondary N) is 1. The molecule has 1 amide bonds. The summed E-state index contributed by atoms with van der Waals surface area (Å²) < 4.78 is 12.8. The molecule has 3 aromatic rings. The number of halogens is 2. The molecule has 32 heavy (non-hydrogen) atoms. The molecule has 0 unspecified atom stereocenters. The summed E-state index contributed by atoms with van der Waals surface area (Å²) in [5.74, 6) is 0.784. The van der Waals surface area contributed by atoms with Gasteiger partial charge in [-0.2, -0.15) is 5.26 Å². The molecule has 0 heterocycles. The molecule has 5 nitrogen and oxygen atoms in total. The van der Waals surface area contributed by atoms with Gasteiger partial charge < -0.3 is 14.8 Å². The number of carbonyl (C=O) groups is 1. The van der Waals surface area contributed by atoms with Crippen LogP contribution in [-0.2, 0) is 11.4 Å². The fraction of sp³-hybridized carbons (Fsp3) is 0.120. The molecule has 0 saturated heterocycles. The van der Waals surface area contributed by atoms with Gasteiger partial charge in [-0.3, -0.25) is 4.79 Å². The molecule has 0 fully saturated rings. The number of benzene rings is 3. The van der Waals surface area contributed by atoms with Crippen molar-refractivity contribution in [3.8, 4) is 17.6 Å². The fourth-order valence-corrected chi connectivity index (χ4v) is 4.33. The molecule has 1 N–H and O–H groups in total. The molecule has 0 aliphatic heterocycles. The molecule has 3 rings (SSSR count). The van der Waals surface area contributed by atoms with Gasteiger partial charge in [-0.05, 0) is 80.3 Å². The van der Waals surface area contributed by atoms with Crippen LogP contribution in [0, 0.1) is 11.3 Å². The average Bonchev–Trinajstić information content (AvgIpc) is 2.78. The molecule has 0 spiro atoms. The van der Waals surface area contributed by atoms with Crippen LogP contribution in [0.25, 0.3) is 6.08 Å². The first kappa shape index (κ1) is 23.6. The third kappa shape index (κ3) is 6.46. The van der Waals surface area contributed by atoms with Crippen molar-refractivity contribution < 1.29 is 14.3 Å². The maximum Gasteiger partial charge on any atom is 0.266 e. The maximum absolute atomic E-state index is 12.6. The van der Waals surface area contributed by atoms with Crippen molar-refractivity contribution in [2.24, 2.45) is 0 Å². The largest absolute Gasteiger partial charge is 0.494 e. The molecular weight excluding hydrogens is 536 g/mol. The number of carbonyl (C=O) groups excluding carboxylic acids is 1. The number of hydrogen-bond acceptors (Lipinski definition) is 4. The minimum atomic E-state index is -0.502. The van der Waals surface area contributed by atoms with Crippen LogP contribution in [0.15, 0.2) is 81.2 Å². The Morgan fingerprint density at radius 1 is 1.03 bits per heavy atom. The lowest BCUT2D eigenvalue weighted by atomic mass is 10.1. The summed E-state index contributed by atoms with van der Waals surface area (Å²) in [5, 5.41) is 12.3. The third-order valence-electron chi connectivity index (χ3n) is 4.33. The second kappa shape index (κ2) is 11.5. The van der Waals surface area contributed by atoms with E-state index in [1.54, 1.807) is 36.4 Å². The van der Waals surface area contributed by atoms with Crippen LogP contribution in [0.1, 0.15) is 18.1 Å². The summed E-state index contributed by atoms with van der Waals surface area (Å²) >= 11 is 7.03. The van der Waals surface area contributed by atoms with Gasteiger partial charge in [-0.15, -0.1) is 0 Å². The monoisotopic (exact) mass is 554 g/mol. The number of anilines is 1. The summed E-state index contributed by atoms with van der Waals surface area (Å²) in [6.45, 7) is 2.82. The number of nitriles is 1. The number of hydrogen-bond donors (Lipinski definition) is 1. The van der Waals surface area contributed by atoms with E-state index in [0.29, 0.717) is 44.9 Å². The minimum Gasteiger partial charge on any atom is -0.494 e. The van der Waals surface area contributed by atoms with Crippen LogP contribution >= 0.6 is 31.9 Å². The predicted molar refractivity (Wildman–Crippen MR) is 132 cm³/mol. The van der Waals surface area contributed by atoms with Crippen LogP contribution in [0.3, 0.4) is 0 Å². The molecular formula is C25H20Br2N2O3. The van der Waals surface area contributed by atoms with Crippen LogP contribution in [0.2, 0.25) is 0 Å². The van der Waals surface area contributed by atoms with Crippen LogP contribution in [0.5, 0.6) is 11.5 Å². The Morgan fingerprint density at radius 3 is 2.41 bits per heavy atom. The Morgan fingerprint density at radius 2 is 1.75 bits per heavy atom. The van der Waals surface area contributed by atoms with E-state index in [9.17, 15) is 10.1 Å². The first-order valence-electron chi connectivity index (χ1n) is 9.82. The number of amides is 1. The highest BCUT2D eigenvalue weighted by molar-refractivity contribution is 9.11. The SMILES string of the molecule is CCOc1cccc(NC(=O)C(C#N)=Cc2cc(Br)c(OCc3ccccc3)c(Br)c2)c1. The smallest absolute Gasteiger partial charge is 0.266 e. The van der Waals surface area contributed by atoms with E-state index < -0.39 is 5.91 Å². The zero-order valence-corrected chi connectivity index (χ0v) is 20.4. The van der Waals surface area contributed by atoms with Gasteiger partial charge in [0.2, 0.25) is 0 Å². The minimum absolute atomic E-state index is 0.0245. The summed E-state index contributed by atoms with van der Waals surface area (Å²) in [4.78, 5) is 12.6. The van der Waals surface area contributed by atoms with Crippen molar-refractivity contribution in [3.05, 3.63) is 92.4 Å². The lowest BCUT2D eigenvalue weighted by molar-refractivity contribution is -0.112. The lowest BCUT2D eigenvalue weighted by Crippen LogP contribution is -2.13. The first-order chi connectivity index (χ1) is 15.5. The van der Waals surface area contributed by atoms with Gasteiger partial charge in [0.15, 0.2) is 0 Å². The topological polar surface area (TPSA) is 71.3 Å².